The minimum atomic E-state index is 0.245. The van der Waals surface area contributed by atoms with Gasteiger partial charge in [0.25, 0.3) is 0 Å². The van der Waals surface area contributed by atoms with Crippen LogP contribution in [0, 0.1) is 23.2 Å². The van der Waals surface area contributed by atoms with Gasteiger partial charge in [0.1, 0.15) is 0 Å². The van der Waals surface area contributed by atoms with Gasteiger partial charge in [0.05, 0.1) is 18.6 Å². The first-order valence-electron chi connectivity index (χ1n) is 6.11. The fourth-order valence-corrected chi connectivity index (χ4v) is 2.65. The molecule has 0 aromatic heterocycles. The van der Waals surface area contributed by atoms with Crippen molar-refractivity contribution in [2.24, 2.45) is 11.8 Å². The van der Waals surface area contributed by atoms with Gasteiger partial charge < -0.3 is 10.1 Å². The molecule has 84 valence electrons. The lowest BCUT2D eigenvalue weighted by molar-refractivity contribution is 0.0535. The van der Waals surface area contributed by atoms with Crippen LogP contribution in [0.3, 0.4) is 0 Å². The molecule has 2 aliphatic rings. The summed E-state index contributed by atoms with van der Waals surface area (Å²) in [4.78, 5) is 0. The Hall–Kier alpha value is -0.590. The molecule has 0 amide bonds. The average molecular weight is 208 g/mol. The maximum Gasteiger partial charge on any atom is 0.0672 e. The molecule has 15 heavy (non-hydrogen) atoms. The highest BCUT2D eigenvalue weighted by Gasteiger charge is 2.27. The normalized spacial score (nSPS) is 36.3. The minimum absolute atomic E-state index is 0.245. The van der Waals surface area contributed by atoms with Gasteiger partial charge in [-0.2, -0.15) is 5.26 Å². The molecule has 2 fully saturated rings. The highest BCUT2D eigenvalue weighted by molar-refractivity contribution is 4.96. The van der Waals surface area contributed by atoms with E-state index in [1.54, 1.807) is 0 Å². The maximum atomic E-state index is 8.96. The van der Waals surface area contributed by atoms with Gasteiger partial charge in [-0.1, -0.05) is 6.42 Å². The molecule has 2 rings (SSSR count). The molecule has 0 radical (unpaired) electrons. The smallest absolute Gasteiger partial charge is 0.0672 e. The number of rotatable bonds is 3. The predicted molar refractivity (Wildman–Crippen MR) is 58.3 cm³/mol. The topological polar surface area (TPSA) is 45.0 Å². The molecular weight excluding hydrogens is 188 g/mol. The fraction of sp³-hybridized carbons (Fsp3) is 0.917. The zero-order chi connectivity index (χ0) is 10.5. The Kier molecular flexibility index (Phi) is 3.99. The van der Waals surface area contributed by atoms with Crippen LogP contribution in [0.25, 0.3) is 0 Å². The van der Waals surface area contributed by atoms with Crippen molar-refractivity contribution in [2.45, 2.75) is 38.1 Å². The first kappa shape index (κ1) is 10.9. The number of nitrogens with one attached hydrogen (secondary N) is 1. The summed E-state index contributed by atoms with van der Waals surface area (Å²) in [6.45, 7) is 2.86. The molecule has 1 aliphatic heterocycles. The Morgan fingerprint density at radius 1 is 1.27 bits per heavy atom. The van der Waals surface area contributed by atoms with Gasteiger partial charge in [-0.05, 0) is 31.6 Å². The van der Waals surface area contributed by atoms with Crippen LogP contribution in [0.4, 0.5) is 0 Å². The lowest BCUT2D eigenvalue weighted by atomic mass is 10.0. The van der Waals surface area contributed by atoms with Crippen molar-refractivity contribution in [1.82, 2.24) is 5.32 Å². The highest BCUT2D eigenvalue weighted by atomic mass is 16.5. The van der Waals surface area contributed by atoms with Gasteiger partial charge in [0.15, 0.2) is 0 Å². The van der Waals surface area contributed by atoms with E-state index in [1.807, 2.05) is 0 Å². The van der Waals surface area contributed by atoms with Crippen molar-refractivity contribution < 1.29 is 4.74 Å². The molecule has 1 heterocycles. The van der Waals surface area contributed by atoms with Gasteiger partial charge in [0.2, 0.25) is 0 Å². The molecule has 0 bridgehead atoms. The predicted octanol–water partition coefficient (Wildman–Crippen LogP) is 1.69. The summed E-state index contributed by atoms with van der Waals surface area (Å²) in [6.07, 6.45) is 5.92. The molecule has 1 saturated heterocycles. The lowest BCUT2D eigenvalue weighted by Crippen LogP contribution is -2.37. The summed E-state index contributed by atoms with van der Waals surface area (Å²) in [7, 11) is 0. The van der Waals surface area contributed by atoms with Crippen LogP contribution in [0.15, 0.2) is 0 Å². The zero-order valence-electron chi connectivity index (χ0n) is 9.24. The third-order valence-corrected chi connectivity index (χ3v) is 3.61. The van der Waals surface area contributed by atoms with Crippen LogP contribution in [-0.2, 0) is 4.74 Å². The molecule has 3 heteroatoms. The van der Waals surface area contributed by atoms with Crippen LogP contribution >= 0.6 is 0 Å². The van der Waals surface area contributed by atoms with E-state index >= 15 is 0 Å². The minimum Gasteiger partial charge on any atom is -0.381 e. The summed E-state index contributed by atoms with van der Waals surface area (Å²) in [5.41, 5.74) is 0. The van der Waals surface area contributed by atoms with E-state index in [0.29, 0.717) is 12.0 Å². The Morgan fingerprint density at radius 3 is 2.93 bits per heavy atom. The number of nitrogens with zero attached hydrogens (tertiary/aromatic N) is 1. The summed E-state index contributed by atoms with van der Waals surface area (Å²) in [6, 6.07) is 2.85. The molecular formula is C12H20N2O. The zero-order valence-corrected chi connectivity index (χ0v) is 9.24. The van der Waals surface area contributed by atoms with Crippen molar-refractivity contribution in [3.05, 3.63) is 0 Å². The second-order valence-corrected chi connectivity index (χ2v) is 4.76. The molecule has 0 spiro atoms. The Morgan fingerprint density at radius 2 is 2.20 bits per heavy atom. The number of nitriles is 1. The lowest BCUT2D eigenvalue weighted by Gasteiger charge is -2.25. The van der Waals surface area contributed by atoms with Gasteiger partial charge in [-0.25, -0.2) is 0 Å². The van der Waals surface area contributed by atoms with E-state index in [1.165, 1.54) is 25.7 Å². The van der Waals surface area contributed by atoms with Crippen molar-refractivity contribution in [2.75, 3.05) is 19.8 Å². The quantitative estimate of drug-likeness (QED) is 0.767. The highest BCUT2D eigenvalue weighted by Crippen LogP contribution is 2.25. The van der Waals surface area contributed by atoms with Crippen molar-refractivity contribution in [3.63, 3.8) is 0 Å². The molecule has 1 aliphatic carbocycles. The van der Waals surface area contributed by atoms with Gasteiger partial charge in [-0.3, -0.25) is 0 Å². The molecule has 1 N–H and O–H groups in total. The van der Waals surface area contributed by atoms with E-state index in [9.17, 15) is 0 Å². The number of ether oxygens (including phenoxy) is 1. The molecule has 0 aromatic carbocycles. The van der Waals surface area contributed by atoms with Crippen LogP contribution in [0.5, 0.6) is 0 Å². The van der Waals surface area contributed by atoms with E-state index in [0.717, 1.165) is 26.2 Å². The van der Waals surface area contributed by atoms with Gasteiger partial charge >= 0.3 is 0 Å². The second kappa shape index (κ2) is 5.48. The largest absolute Gasteiger partial charge is 0.381 e. The third kappa shape index (κ3) is 2.93. The summed E-state index contributed by atoms with van der Waals surface area (Å²) in [5.74, 6) is 0.910. The average Bonchev–Trinajstić information content (AvgIpc) is 2.75. The SMILES string of the molecule is N#CC1CCCC1NCC1CCCOC1. The Bertz CT molecular complexity index is 230. The summed E-state index contributed by atoms with van der Waals surface area (Å²) < 4.78 is 5.45. The van der Waals surface area contributed by atoms with E-state index < -0.39 is 0 Å². The number of hydrogen-bond acceptors (Lipinski definition) is 3. The number of hydrogen-bond donors (Lipinski definition) is 1. The fourth-order valence-electron chi connectivity index (χ4n) is 2.65. The molecule has 3 atom stereocenters. The van der Waals surface area contributed by atoms with Crippen molar-refractivity contribution in [3.8, 4) is 6.07 Å². The van der Waals surface area contributed by atoms with Crippen LogP contribution < -0.4 is 5.32 Å². The maximum absolute atomic E-state index is 8.96. The van der Waals surface area contributed by atoms with Gasteiger partial charge in [0, 0.05) is 19.2 Å². The van der Waals surface area contributed by atoms with Crippen molar-refractivity contribution >= 4 is 0 Å². The first-order valence-corrected chi connectivity index (χ1v) is 6.11. The Balaban J connectivity index is 1.70. The van der Waals surface area contributed by atoms with E-state index in [-0.39, 0.29) is 5.92 Å². The second-order valence-electron chi connectivity index (χ2n) is 4.76. The monoisotopic (exact) mass is 208 g/mol. The molecule has 3 unspecified atom stereocenters. The standard InChI is InChI=1S/C12H20N2O/c13-7-11-4-1-5-12(11)14-8-10-3-2-6-15-9-10/h10-12,14H,1-6,8-9H2. The van der Waals surface area contributed by atoms with E-state index in [4.69, 9.17) is 10.00 Å². The summed E-state index contributed by atoms with van der Waals surface area (Å²) in [5, 5.41) is 12.5. The third-order valence-electron chi connectivity index (χ3n) is 3.61. The molecule has 0 aromatic rings. The van der Waals surface area contributed by atoms with Crippen LogP contribution in [0.1, 0.15) is 32.1 Å². The van der Waals surface area contributed by atoms with Gasteiger partial charge in [-0.15, -0.1) is 0 Å². The van der Waals surface area contributed by atoms with Crippen LogP contribution in [-0.4, -0.2) is 25.8 Å². The molecule has 1 saturated carbocycles. The van der Waals surface area contributed by atoms with Crippen LogP contribution in [0.2, 0.25) is 0 Å². The Labute approximate surface area is 91.8 Å². The molecule has 3 nitrogen and oxygen atoms in total. The summed E-state index contributed by atoms with van der Waals surface area (Å²) >= 11 is 0. The van der Waals surface area contributed by atoms with E-state index in [2.05, 4.69) is 11.4 Å². The first-order chi connectivity index (χ1) is 7.40. The van der Waals surface area contributed by atoms with Crippen molar-refractivity contribution in [1.29, 1.82) is 5.26 Å².